The molecule has 0 spiro atoms. The van der Waals surface area contributed by atoms with Crippen LogP contribution in [0.1, 0.15) is 0 Å². The highest BCUT2D eigenvalue weighted by molar-refractivity contribution is 5.84. The molecule has 0 heterocycles. The molecule has 0 unspecified atom stereocenters. The van der Waals surface area contributed by atoms with Crippen molar-refractivity contribution in [2.45, 2.75) is 6.04 Å². The molecule has 0 amide bonds. The highest BCUT2D eigenvalue weighted by Gasteiger charge is 2.06. The predicted octanol–water partition coefficient (Wildman–Crippen LogP) is -0.872. The van der Waals surface area contributed by atoms with Crippen LogP contribution in [0.25, 0.3) is 0 Å². The maximum Gasteiger partial charge on any atom is 0.330 e. The van der Waals surface area contributed by atoms with Gasteiger partial charge < -0.3 is 15.6 Å². The van der Waals surface area contributed by atoms with Crippen molar-refractivity contribution in [2.24, 2.45) is 5.73 Å². The number of carbonyl (C=O) groups is 2. The average molecular weight is 159 g/mol. The van der Waals surface area contributed by atoms with Crippen LogP contribution in [0.5, 0.6) is 0 Å². The van der Waals surface area contributed by atoms with Gasteiger partial charge in [-0.15, -0.1) is 0 Å². The summed E-state index contributed by atoms with van der Waals surface area (Å²) in [5.41, 5.74) is 5.03. The Balaban J connectivity index is 3.92. The summed E-state index contributed by atoms with van der Waals surface area (Å²) in [7, 11) is 1.19. The number of hydrogen-bond donors (Lipinski definition) is 2. The number of rotatable bonds is 3. The minimum atomic E-state index is -1.19. The number of hydrogen-bond acceptors (Lipinski definition) is 4. The normalized spacial score (nSPS) is 12.9. The number of aliphatic carboxylic acids is 1. The molecule has 5 nitrogen and oxygen atoms in total. The van der Waals surface area contributed by atoms with Gasteiger partial charge in [0.2, 0.25) is 0 Å². The number of carbonyl (C=O) groups excluding carboxylic acids is 1. The second-order valence-electron chi connectivity index (χ2n) is 1.75. The van der Waals surface area contributed by atoms with Gasteiger partial charge in [-0.05, 0) is 6.08 Å². The number of carboxylic acids is 1. The lowest BCUT2D eigenvalue weighted by Gasteiger charge is -1.96. The number of carboxylic acid groups (broad SMARTS) is 1. The Morgan fingerprint density at radius 2 is 2.18 bits per heavy atom. The predicted molar refractivity (Wildman–Crippen MR) is 36.8 cm³/mol. The third-order valence-corrected chi connectivity index (χ3v) is 0.926. The molecule has 0 aromatic rings. The summed E-state index contributed by atoms with van der Waals surface area (Å²) in [6.07, 6.45) is 2.02. The maximum absolute atomic E-state index is 10.4. The Kier molecular flexibility index (Phi) is 3.90. The fourth-order valence-corrected chi connectivity index (χ4v) is 0.333. The fourth-order valence-electron chi connectivity index (χ4n) is 0.333. The summed E-state index contributed by atoms with van der Waals surface area (Å²) in [5, 5.41) is 8.24. The van der Waals surface area contributed by atoms with E-state index < -0.39 is 18.0 Å². The first-order chi connectivity index (χ1) is 5.07. The van der Waals surface area contributed by atoms with Gasteiger partial charge in [0.05, 0.1) is 7.11 Å². The lowest BCUT2D eigenvalue weighted by molar-refractivity contribution is -0.137. The molecule has 5 heteroatoms. The zero-order valence-corrected chi connectivity index (χ0v) is 5.98. The van der Waals surface area contributed by atoms with E-state index in [1.807, 2.05) is 0 Å². The van der Waals surface area contributed by atoms with Crippen LogP contribution in [-0.2, 0) is 14.3 Å². The molecule has 0 aliphatic rings. The van der Waals surface area contributed by atoms with Gasteiger partial charge >= 0.3 is 11.9 Å². The van der Waals surface area contributed by atoms with Gasteiger partial charge in [0.15, 0.2) is 0 Å². The Labute approximate surface area is 63.4 Å². The van der Waals surface area contributed by atoms with Gasteiger partial charge in [-0.2, -0.15) is 0 Å². The summed E-state index contributed by atoms with van der Waals surface area (Å²) in [5.74, 6) is -1.81. The largest absolute Gasteiger partial charge is 0.480 e. The number of ether oxygens (including phenoxy) is 1. The quantitative estimate of drug-likeness (QED) is 0.412. The zero-order chi connectivity index (χ0) is 8.85. The van der Waals surface area contributed by atoms with Crippen molar-refractivity contribution in [3.05, 3.63) is 12.2 Å². The van der Waals surface area contributed by atoms with Gasteiger partial charge in [0.25, 0.3) is 0 Å². The molecule has 0 saturated carbocycles. The standard InChI is InChI=1S/C6H9NO4/c1-11-5(8)3-2-4(7)6(9)10/h2-4H,7H2,1H3,(H,9,10)/b3-2+/t4-/m0/s1. The second kappa shape index (κ2) is 4.45. The minimum Gasteiger partial charge on any atom is -0.480 e. The summed E-state index contributed by atoms with van der Waals surface area (Å²) >= 11 is 0. The molecule has 0 radical (unpaired) electrons. The molecular formula is C6H9NO4. The molecule has 0 saturated heterocycles. The van der Waals surface area contributed by atoms with E-state index in [1.165, 1.54) is 7.11 Å². The Bertz CT molecular complexity index is 187. The Hall–Kier alpha value is -1.36. The molecule has 0 aromatic heterocycles. The molecule has 0 aromatic carbocycles. The van der Waals surface area contributed by atoms with Crippen molar-refractivity contribution in [3.8, 4) is 0 Å². The first-order valence-electron chi connectivity index (χ1n) is 2.82. The molecule has 11 heavy (non-hydrogen) atoms. The van der Waals surface area contributed by atoms with Crippen LogP contribution in [-0.4, -0.2) is 30.2 Å². The monoisotopic (exact) mass is 159 g/mol. The molecule has 3 N–H and O–H groups in total. The van der Waals surface area contributed by atoms with Gasteiger partial charge in [0.1, 0.15) is 6.04 Å². The van der Waals surface area contributed by atoms with Gasteiger partial charge in [0, 0.05) is 6.08 Å². The lowest BCUT2D eigenvalue weighted by Crippen LogP contribution is -2.27. The number of esters is 1. The van der Waals surface area contributed by atoms with Crippen molar-refractivity contribution in [1.29, 1.82) is 0 Å². The Morgan fingerprint density at radius 3 is 2.55 bits per heavy atom. The molecule has 0 rings (SSSR count). The second-order valence-corrected chi connectivity index (χ2v) is 1.75. The van der Waals surface area contributed by atoms with E-state index in [9.17, 15) is 9.59 Å². The van der Waals surface area contributed by atoms with Gasteiger partial charge in [-0.1, -0.05) is 0 Å². The molecule has 62 valence electrons. The summed E-state index contributed by atoms with van der Waals surface area (Å²) in [4.78, 5) is 20.5. The molecule has 0 bridgehead atoms. The highest BCUT2D eigenvalue weighted by atomic mass is 16.5. The van der Waals surface area contributed by atoms with Gasteiger partial charge in [-0.3, -0.25) is 4.79 Å². The van der Waals surface area contributed by atoms with Crippen LogP contribution >= 0.6 is 0 Å². The van der Waals surface area contributed by atoms with Gasteiger partial charge in [-0.25, -0.2) is 4.79 Å². The van der Waals surface area contributed by atoms with E-state index in [4.69, 9.17) is 10.8 Å². The molecule has 0 aliphatic heterocycles. The number of nitrogens with two attached hydrogens (primary N) is 1. The van der Waals surface area contributed by atoms with Crippen molar-refractivity contribution in [1.82, 2.24) is 0 Å². The lowest BCUT2D eigenvalue weighted by atomic mass is 10.3. The fraction of sp³-hybridized carbons (Fsp3) is 0.333. The summed E-state index contributed by atoms with van der Waals surface area (Å²) < 4.78 is 4.21. The van der Waals surface area contributed by atoms with Crippen molar-refractivity contribution in [3.63, 3.8) is 0 Å². The van der Waals surface area contributed by atoms with Crippen LogP contribution in [0.4, 0.5) is 0 Å². The summed E-state index contributed by atoms with van der Waals surface area (Å²) in [6.45, 7) is 0. The number of methoxy groups -OCH3 is 1. The first kappa shape index (κ1) is 9.64. The van der Waals surface area contributed by atoms with Crippen LogP contribution in [0.3, 0.4) is 0 Å². The van der Waals surface area contributed by atoms with Crippen molar-refractivity contribution >= 4 is 11.9 Å². The van der Waals surface area contributed by atoms with E-state index in [1.54, 1.807) is 0 Å². The minimum absolute atomic E-state index is 0.623. The highest BCUT2D eigenvalue weighted by Crippen LogP contribution is 1.83. The smallest absolute Gasteiger partial charge is 0.330 e. The molecule has 0 aliphatic carbocycles. The van der Waals surface area contributed by atoms with Crippen molar-refractivity contribution in [2.75, 3.05) is 7.11 Å². The van der Waals surface area contributed by atoms with Crippen LogP contribution in [0.15, 0.2) is 12.2 Å². The SMILES string of the molecule is COC(=O)/C=C/[C@H](N)C(=O)O. The van der Waals surface area contributed by atoms with Crippen LogP contribution in [0, 0.1) is 0 Å². The zero-order valence-electron chi connectivity index (χ0n) is 5.98. The topological polar surface area (TPSA) is 89.6 Å². The van der Waals surface area contributed by atoms with Crippen LogP contribution < -0.4 is 5.73 Å². The van der Waals surface area contributed by atoms with E-state index in [-0.39, 0.29) is 0 Å². The van der Waals surface area contributed by atoms with E-state index >= 15 is 0 Å². The van der Waals surface area contributed by atoms with Crippen LogP contribution in [0.2, 0.25) is 0 Å². The van der Waals surface area contributed by atoms with E-state index in [0.29, 0.717) is 0 Å². The van der Waals surface area contributed by atoms with E-state index in [0.717, 1.165) is 12.2 Å². The molecule has 0 fully saturated rings. The average Bonchev–Trinajstić information content (AvgIpc) is 1.99. The summed E-state index contributed by atoms with van der Waals surface area (Å²) in [6, 6.07) is -1.16. The first-order valence-corrected chi connectivity index (χ1v) is 2.82. The third-order valence-electron chi connectivity index (χ3n) is 0.926. The van der Waals surface area contributed by atoms with Crippen molar-refractivity contribution < 1.29 is 19.4 Å². The Morgan fingerprint density at radius 1 is 1.64 bits per heavy atom. The third kappa shape index (κ3) is 4.10. The molecular weight excluding hydrogens is 150 g/mol. The van der Waals surface area contributed by atoms with E-state index in [2.05, 4.69) is 4.74 Å². The maximum atomic E-state index is 10.4. The molecule has 1 atom stereocenters.